The highest BCUT2D eigenvalue weighted by Crippen LogP contribution is 2.30. The molecule has 0 bridgehead atoms. The third-order valence-corrected chi connectivity index (χ3v) is 5.07. The fraction of sp³-hybridized carbons (Fsp3) is 0.333. The second-order valence-corrected chi connectivity index (χ2v) is 7.22. The number of nitrogens with zero attached hydrogens (tertiary/aromatic N) is 3. The van der Waals surface area contributed by atoms with Crippen LogP contribution in [0.25, 0.3) is 11.0 Å². The van der Waals surface area contributed by atoms with Crippen LogP contribution in [0.1, 0.15) is 12.0 Å². The molecule has 1 atom stereocenters. The van der Waals surface area contributed by atoms with E-state index in [-0.39, 0.29) is 5.54 Å². The highest BCUT2D eigenvalue weighted by Gasteiger charge is 2.35. The van der Waals surface area contributed by atoms with E-state index >= 15 is 0 Å². The number of H-pyrrole nitrogens is 1. The van der Waals surface area contributed by atoms with Gasteiger partial charge in [0.1, 0.15) is 17.8 Å². The fourth-order valence-electron chi connectivity index (χ4n) is 3.40. The summed E-state index contributed by atoms with van der Waals surface area (Å²) in [5, 5.41) is 5.23. The van der Waals surface area contributed by atoms with Crippen LogP contribution in [0.15, 0.2) is 36.8 Å². The standard InChI is InChI=1S/C18H21ClN6/c1-12-8-21-16-15(12)17(24-11-23-16)25-7-6-18(20,10-25)9-22-14-4-2-13(19)3-5-14/h2-5,8,11,22H,6-7,9-10,20H2,1H3,(H,21,23,24). The Bertz CT molecular complexity index is 890. The zero-order valence-electron chi connectivity index (χ0n) is 14.1. The van der Waals surface area contributed by atoms with E-state index < -0.39 is 0 Å². The van der Waals surface area contributed by atoms with E-state index in [2.05, 4.69) is 32.1 Å². The van der Waals surface area contributed by atoms with Crippen molar-refractivity contribution in [1.82, 2.24) is 15.0 Å². The first-order valence-corrected chi connectivity index (χ1v) is 8.74. The van der Waals surface area contributed by atoms with Gasteiger partial charge in [-0.2, -0.15) is 0 Å². The molecule has 0 saturated carbocycles. The minimum Gasteiger partial charge on any atom is -0.383 e. The van der Waals surface area contributed by atoms with Crippen LogP contribution in [-0.4, -0.2) is 40.1 Å². The van der Waals surface area contributed by atoms with E-state index in [1.807, 2.05) is 30.5 Å². The lowest BCUT2D eigenvalue weighted by molar-refractivity contribution is 0.499. The summed E-state index contributed by atoms with van der Waals surface area (Å²) >= 11 is 5.93. The van der Waals surface area contributed by atoms with Crippen molar-refractivity contribution in [3.63, 3.8) is 0 Å². The molecule has 6 nitrogen and oxygen atoms in total. The molecule has 1 saturated heterocycles. The van der Waals surface area contributed by atoms with E-state index in [9.17, 15) is 0 Å². The van der Waals surface area contributed by atoms with Gasteiger partial charge >= 0.3 is 0 Å². The summed E-state index contributed by atoms with van der Waals surface area (Å²) in [4.78, 5) is 14.3. The summed E-state index contributed by atoms with van der Waals surface area (Å²) in [7, 11) is 0. The molecule has 0 radical (unpaired) electrons. The van der Waals surface area contributed by atoms with Gasteiger partial charge in [-0.3, -0.25) is 0 Å². The number of nitrogens with one attached hydrogen (secondary N) is 2. The Morgan fingerprint density at radius 3 is 2.92 bits per heavy atom. The molecule has 0 amide bonds. The smallest absolute Gasteiger partial charge is 0.143 e. The van der Waals surface area contributed by atoms with Crippen LogP contribution in [0.4, 0.5) is 11.5 Å². The number of hydrogen-bond donors (Lipinski definition) is 3. The van der Waals surface area contributed by atoms with Crippen molar-refractivity contribution < 1.29 is 0 Å². The molecule has 1 aromatic carbocycles. The van der Waals surface area contributed by atoms with Crippen LogP contribution in [-0.2, 0) is 0 Å². The molecule has 7 heteroatoms. The van der Waals surface area contributed by atoms with Crippen LogP contribution in [0, 0.1) is 6.92 Å². The molecule has 3 aromatic rings. The van der Waals surface area contributed by atoms with Crippen molar-refractivity contribution in [3.8, 4) is 0 Å². The van der Waals surface area contributed by atoms with Gasteiger partial charge in [-0.25, -0.2) is 9.97 Å². The number of rotatable bonds is 4. The third kappa shape index (κ3) is 3.15. The monoisotopic (exact) mass is 356 g/mol. The number of hydrogen-bond acceptors (Lipinski definition) is 5. The second kappa shape index (κ2) is 6.20. The number of aromatic amines is 1. The lowest BCUT2D eigenvalue weighted by Crippen LogP contribution is -2.48. The van der Waals surface area contributed by atoms with Crippen molar-refractivity contribution in [2.75, 3.05) is 29.9 Å². The third-order valence-electron chi connectivity index (χ3n) is 4.82. The van der Waals surface area contributed by atoms with Crippen molar-refractivity contribution in [1.29, 1.82) is 0 Å². The number of fused-ring (bicyclic) bond motifs is 1. The maximum Gasteiger partial charge on any atom is 0.143 e. The Balaban J connectivity index is 1.50. The Morgan fingerprint density at radius 1 is 1.32 bits per heavy atom. The van der Waals surface area contributed by atoms with Gasteiger partial charge in [0.25, 0.3) is 0 Å². The molecule has 25 heavy (non-hydrogen) atoms. The summed E-state index contributed by atoms with van der Waals surface area (Å²) in [6.07, 6.45) is 4.48. The largest absolute Gasteiger partial charge is 0.383 e. The molecule has 130 valence electrons. The van der Waals surface area contributed by atoms with Gasteiger partial charge in [-0.15, -0.1) is 0 Å². The maximum absolute atomic E-state index is 6.64. The van der Waals surface area contributed by atoms with Crippen molar-refractivity contribution in [2.24, 2.45) is 5.73 Å². The Kier molecular flexibility index (Phi) is 4.01. The summed E-state index contributed by atoms with van der Waals surface area (Å²) in [6, 6.07) is 7.69. The average molecular weight is 357 g/mol. The molecule has 1 fully saturated rings. The van der Waals surface area contributed by atoms with Gasteiger partial charge < -0.3 is 20.9 Å². The lowest BCUT2D eigenvalue weighted by atomic mass is 10.0. The van der Waals surface area contributed by atoms with E-state index in [1.54, 1.807) is 6.33 Å². The molecular formula is C18H21ClN6. The number of benzene rings is 1. The Hall–Kier alpha value is -2.31. The van der Waals surface area contributed by atoms with Crippen LogP contribution in [0.2, 0.25) is 5.02 Å². The molecule has 3 heterocycles. The quantitative estimate of drug-likeness (QED) is 0.669. The second-order valence-electron chi connectivity index (χ2n) is 6.79. The highest BCUT2D eigenvalue weighted by atomic mass is 35.5. The SMILES string of the molecule is Cc1c[nH]c2ncnc(N3CCC(N)(CNc4ccc(Cl)cc4)C3)c12. The van der Waals surface area contributed by atoms with Gasteiger partial charge in [0.15, 0.2) is 0 Å². The van der Waals surface area contributed by atoms with Gasteiger partial charge in [0.2, 0.25) is 0 Å². The van der Waals surface area contributed by atoms with Crippen molar-refractivity contribution >= 4 is 34.1 Å². The number of aryl methyl sites for hydroxylation is 1. The van der Waals surface area contributed by atoms with E-state index in [0.717, 1.165) is 52.6 Å². The molecule has 0 spiro atoms. The average Bonchev–Trinajstić information content (AvgIpc) is 3.19. The highest BCUT2D eigenvalue weighted by molar-refractivity contribution is 6.30. The molecule has 1 aliphatic heterocycles. The zero-order chi connectivity index (χ0) is 17.4. The van der Waals surface area contributed by atoms with E-state index in [0.29, 0.717) is 6.54 Å². The molecular weight excluding hydrogens is 336 g/mol. The normalized spacial score (nSPS) is 20.4. The molecule has 1 unspecified atom stereocenters. The summed E-state index contributed by atoms with van der Waals surface area (Å²) in [6.45, 7) is 4.41. The molecule has 0 aliphatic carbocycles. The van der Waals surface area contributed by atoms with Crippen molar-refractivity contribution in [2.45, 2.75) is 18.9 Å². The van der Waals surface area contributed by atoms with Gasteiger partial charge in [-0.1, -0.05) is 11.6 Å². The number of halogens is 1. The first-order valence-electron chi connectivity index (χ1n) is 8.36. The summed E-state index contributed by atoms with van der Waals surface area (Å²) in [5.41, 5.74) is 9.39. The predicted octanol–water partition coefficient (Wildman–Crippen LogP) is 2.94. The first kappa shape index (κ1) is 16.2. The lowest BCUT2D eigenvalue weighted by Gasteiger charge is -2.26. The molecule has 1 aliphatic rings. The van der Waals surface area contributed by atoms with Crippen molar-refractivity contribution in [3.05, 3.63) is 47.4 Å². The topological polar surface area (TPSA) is 82.9 Å². The molecule has 4 rings (SSSR count). The zero-order valence-corrected chi connectivity index (χ0v) is 14.8. The van der Waals surface area contributed by atoms with Gasteiger partial charge in [0, 0.05) is 36.5 Å². The van der Waals surface area contributed by atoms with Crippen LogP contribution in [0.3, 0.4) is 0 Å². The van der Waals surface area contributed by atoms with Gasteiger partial charge in [-0.05, 0) is 43.2 Å². The fourth-order valence-corrected chi connectivity index (χ4v) is 3.53. The minimum absolute atomic E-state index is 0.304. The Morgan fingerprint density at radius 2 is 2.12 bits per heavy atom. The van der Waals surface area contributed by atoms with E-state index in [1.165, 1.54) is 0 Å². The van der Waals surface area contributed by atoms with Gasteiger partial charge in [0.05, 0.1) is 10.9 Å². The summed E-state index contributed by atoms with van der Waals surface area (Å²) in [5.74, 6) is 0.961. The van der Waals surface area contributed by atoms with E-state index in [4.69, 9.17) is 17.3 Å². The van der Waals surface area contributed by atoms with Crippen LogP contribution < -0.4 is 16.0 Å². The minimum atomic E-state index is -0.304. The molecule has 4 N–H and O–H groups in total. The maximum atomic E-state index is 6.64. The summed E-state index contributed by atoms with van der Waals surface area (Å²) < 4.78 is 0. The molecule has 2 aromatic heterocycles. The van der Waals surface area contributed by atoms with Crippen LogP contribution in [0.5, 0.6) is 0 Å². The number of anilines is 2. The van der Waals surface area contributed by atoms with Crippen LogP contribution >= 0.6 is 11.6 Å². The number of nitrogens with two attached hydrogens (primary N) is 1. The first-order chi connectivity index (χ1) is 12.0. The predicted molar refractivity (Wildman–Crippen MR) is 102 cm³/mol. The number of aromatic nitrogens is 3. The Labute approximate surface area is 151 Å².